The molecule has 5 aromatic carbocycles. The van der Waals surface area contributed by atoms with Gasteiger partial charge in [0.05, 0.1) is 0 Å². The van der Waals surface area contributed by atoms with Crippen molar-refractivity contribution in [2.45, 2.75) is 5.85 Å². The molecule has 5 heteroatoms. The minimum absolute atomic E-state index is 0.666. The highest BCUT2D eigenvalue weighted by Crippen LogP contribution is 2.61. The van der Waals surface area contributed by atoms with Gasteiger partial charge in [0, 0.05) is 16.2 Å². The molecule has 0 amide bonds. The minimum atomic E-state index is -3.30. The standard InChI is InChI=1S/C29H22BO3P/c31-34(24-15-6-2-7-16-24,25-17-8-3-9-18-25)29-28-26-19-11-10-12-22(26)20-21-27(28)32-30(33-29)23-13-4-1-5-14-23/h1-21,29H. The summed E-state index contributed by atoms with van der Waals surface area (Å²) in [7, 11) is -3.96. The third-order valence-corrected chi connectivity index (χ3v) is 9.52. The van der Waals surface area contributed by atoms with Gasteiger partial charge in [0.1, 0.15) is 11.6 Å². The smallest absolute Gasteiger partial charge is 0.532 e. The van der Waals surface area contributed by atoms with Crippen LogP contribution in [0.5, 0.6) is 5.75 Å². The third-order valence-electron chi connectivity index (χ3n) is 6.35. The third kappa shape index (κ3) is 3.47. The maximum atomic E-state index is 15.4. The minimum Gasteiger partial charge on any atom is -0.532 e. The molecule has 1 aliphatic heterocycles. The van der Waals surface area contributed by atoms with Crippen molar-refractivity contribution >= 4 is 41.1 Å². The van der Waals surface area contributed by atoms with Crippen LogP contribution in [0.1, 0.15) is 11.4 Å². The van der Waals surface area contributed by atoms with E-state index in [-0.39, 0.29) is 0 Å². The fourth-order valence-electron chi connectivity index (χ4n) is 4.70. The van der Waals surface area contributed by atoms with Crippen molar-refractivity contribution < 1.29 is 13.9 Å². The van der Waals surface area contributed by atoms with Crippen molar-refractivity contribution in [3.8, 4) is 5.75 Å². The van der Waals surface area contributed by atoms with Crippen molar-refractivity contribution in [3.63, 3.8) is 0 Å². The van der Waals surface area contributed by atoms with Crippen molar-refractivity contribution in [2.75, 3.05) is 0 Å². The van der Waals surface area contributed by atoms with Gasteiger partial charge in [-0.05, 0) is 22.3 Å². The molecule has 0 radical (unpaired) electrons. The van der Waals surface area contributed by atoms with Gasteiger partial charge in [-0.15, -0.1) is 0 Å². The van der Waals surface area contributed by atoms with E-state index in [4.69, 9.17) is 9.31 Å². The monoisotopic (exact) mass is 460 g/mol. The summed E-state index contributed by atoms with van der Waals surface area (Å²) in [6, 6.07) is 41.4. The first-order valence-electron chi connectivity index (χ1n) is 11.3. The van der Waals surface area contributed by atoms with Gasteiger partial charge in [0.15, 0.2) is 7.14 Å². The number of benzene rings is 5. The Hall–Kier alpha value is -3.59. The lowest BCUT2D eigenvalue weighted by molar-refractivity contribution is 0.222. The molecule has 0 N–H and O–H groups in total. The summed E-state index contributed by atoms with van der Waals surface area (Å²) in [5, 5.41) is 3.57. The van der Waals surface area contributed by atoms with Crippen LogP contribution in [0, 0.1) is 0 Å². The van der Waals surface area contributed by atoms with Crippen LogP contribution in [-0.2, 0) is 9.22 Å². The normalized spacial score (nSPS) is 15.5. The predicted molar refractivity (Wildman–Crippen MR) is 140 cm³/mol. The second-order valence-electron chi connectivity index (χ2n) is 8.38. The number of hydrogen-bond acceptors (Lipinski definition) is 3. The second-order valence-corrected chi connectivity index (χ2v) is 11.2. The molecule has 1 aliphatic rings. The Balaban J connectivity index is 1.64. The number of fused-ring (bicyclic) bond motifs is 3. The van der Waals surface area contributed by atoms with E-state index in [1.807, 2.05) is 109 Å². The lowest BCUT2D eigenvalue weighted by atomic mass is 9.77. The van der Waals surface area contributed by atoms with Gasteiger partial charge in [0.2, 0.25) is 0 Å². The topological polar surface area (TPSA) is 35.5 Å². The van der Waals surface area contributed by atoms with Gasteiger partial charge < -0.3 is 13.9 Å². The highest BCUT2D eigenvalue weighted by Gasteiger charge is 2.47. The molecule has 0 aliphatic carbocycles. The highest BCUT2D eigenvalue weighted by molar-refractivity contribution is 7.78. The number of hydrogen-bond donors (Lipinski definition) is 0. The van der Waals surface area contributed by atoms with E-state index in [1.54, 1.807) is 0 Å². The van der Waals surface area contributed by atoms with Gasteiger partial charge in [-0.2, -0.15) is 0 Å². The van der Waals surface area contributed by atoms with Gasteiger partial charge in [-0.3, -0.25) is 0 Å². The average molecular weight is 460 g/mol. The summed E-state index contributed by atoms with van der Waals surface area (Å²) in [6.07, 6.45) is 0. The Labute approximate surface area is 199 Å². The van der Waals surface area contributed by atoms with E-state index < -0.39 is 20.1 Å². The van der Waals surface area contributed by atoms with Crippen molar-refractivity contribution in [1.82, 2.24) is 0 Å². The zero-order valence-corrected chi connectivity index (χ0v) is 19.3. The molecule has 0 fully saturated rings. The zero-order valence-electron chi connectivity index (χ0n) is 18.5. The van der Waals surface area contributed by atoms with Gasteiger partial charge in [-0.1, -0.05) is 121 Å². The molecule has 0 saturated heterocycles. The molecule has 5 aromatic rings. The number of rotatable bonds is 4. The van der Waals surface area contributed by atoms with E-state index >= 15 is 4.57 Å². The lowest BCUT2D eigenvalue weighted by Crippen LogP contribution is -2.44. The molecule has 164 valence electrons. The van der Waals surface area contributed by atoms with Gasteiger partial charge in [0.25, 0.3) is 0 Å². The van der Waals surface area contributed by atoms with E-state index in [9.17, 15) is 0 Å². The van der Waals surface area contributed by atoms with Crippen LogP contribution in [0.15, 0.2) is 127 Å². The first kappa shape index (κ1) is 21.0. The Morgan fingerprint density at radius 3 is 1.82 bits per heavy atom. The molecule has 1 heterocycles. The maximum Gasteiger partial charge on any atom is 0.563 e. The van der Waals surface area contributed by atoms with Crippen LogP contribution < -0.4 is 20.7 Å². The van der Waals surface area contributed by atoms with Crippen LogP contribution >= 0.6 is 7.14 Å². The molecule has 3 nitrogen and oxygen atoms in total. The summed E-state index contributed by atoms with van der Waals surface area (Å²) < 4.78 is 28.4. The summed E-state index contributed by atoms with van der Waals surface area (Å²) in [5.41, 5.74) is 1.72. The Kier molecular flexibility index (Phi) is 5.33. The second kappa shape index (κ2) is 8.64. The molecule has 6 rings (SSSR count). The van der Waals surface area contributed by atoms with Gasteiger partial charge in [-0.25, -0.2) is 0 Å². The van der Waals surface area contributed by atoms with Crippen LogP contribution in [0.25, 0.3) is 10.8 Å². The zero-order chi connectivity index (χ0) is 23.0. The molecule has 0 aromatic heterocycles. The lowest BCUT2D eigenvalue weighted by Gasteiger charge is -2.37. The van der Waals surface area contributed by atoms with E-state index in [0.717, 1.165) is 32.4 Å². The molecule has 34 heavy (non-hydrogen) atoms. The summed E-state index contributed by atoms with van der Waals surface area (Å²) >= 11 is 0. The summed E-state index contributed by atoms with van der Waals surface area (Å²) in [6.45, 7) is 0. The average Bonchev–Trinajstić information content (AvgIpc) is 2.93. The van der Waals surface area contributed by atoms with Crippen molar-refractivity contribution in [1.29, 1.82) is 0 Å². The van der Waals surface area contributed by atoms with Crippen LogP contribution in [0.4, 0.5) is 0 Å². The predicted octanol–water partition coefficient (Wildman–Crippen LogP) is 5.66. The van der Waals surface area contributed by atoms with Crippen molar-refractivity contribution in [3.05, 3.63) is 133 Å². The molecular formula is C29H22BO3P. The van der Waals surface area contributed by atoms with Gasteiger partial charge >= 0.3 is 7.12 Å². The fourth-order valence-corrected chi connectivity index (χ4v) is 7.69. The Morgan fingerprint density at radius 1 is 0.618 bits per heavy atom. The molecule has 0 bridgehead atoms. The molecule has 1 unspecified atom stereocenters. The van der Waals surface area contributed by atoms with E-state index in [1.165, 1.54) is 0 Å². The van der Waals surface area contributed by atoms with Crippen LogP contribution in [0.3, 0.4) is 0 Å². The fraction of sp³-hybridized carbons (Fsp3) is 0.0345. The Morgan fingerprint density at radius 2 is 1.18 bits per heavy atom. The molecule has 0 saturated carbocycles. The van der Waals surface area contributed by atoms with Crippen LogP contribution in [-0.4, -0.2) is 7.12 Å². The maximum absolute atomic E-state index is 15.4. The quantitative estimate of drug-likeness (QED) is 0.257. The van der Waals surface area contributed by atoms with Crippen molar-refractivity contribution in [2.24, 2.45) is 0 Å². The molecule has 0 spiro atoms. The van der Waals surface area contributed by atoms with E-state index in [0.29, 0.717) is 5.75 Å². The first-order chi connectivity index (χ1) is 16.7. The largest absolute Gasteiger partial charge is 0.563 e. The summed E-state index contributed by atoms with van der Waals surface area (Å²) in [5.74, 6) is -0.00625. The van der Waals surface area contributed by atoms with Crippen LogP contribution in [0.2, 0.25) is 0 Å². The van der Waals surface area contributed by atoms with E-state index in [2.05, 4.69) is 18.2 Å². The highest BCUT2D eigenvalue weighted by atomic mass is 31.2. The Bertz CT molecular complexity index is 1450. The molecular weight excluding hydrogens is 438 g/mol. The molecule has 1 atom stereocenters. The SMILES string of the molecule is O=P(c1ccccc1)(c1ccccc1)C1OB(c2ccccc2)Oc2ccc3ccccc3c21. The summed E-state index contributed by atoms with van der Waals surface area (Å²) in [4.78, 5) is 0. The first-order valence-corrected chi connectivity index (χ1v) is 13.1.